The summed E-state index contributed by atoms with van der Waals surface area (Å²) in [5, 5.41) is -0.433. The molecule has 0 amide bonds. The summed E-state index contributed by atoms with van der Waals surface area (Å²) in [5.74, 6) is 0.922. The van der Waals surface area contributed by atoms with Crippen molar-refractivity contribution in [3.05, 3.63) is 41.8 Å². The Morgan fingerprint density at radius 2 is 2.05 bits per heavy atom. The quantitative estimate of drug-likeness (QED) is 0.866. The van der Waals surface area contributed by atoms with E-state index in [2.05, 4.69) is 4.98 Å². The van der Waals surface area contributed by atoms with Crippen LogP contribution >= 0.6 is 0 Å². The van der Waals surface area contributed by atoms with Gasteiger partial charge in [-0.1, -0.05) is 18.2 Å². The first-order chi connectivity index (χ1) is 10.6. The average Bonchev–Trinajstić information content (AvgIpc) is 2.89. The molecule has 0 spiro atoms. The summed E-state index contributed by atoms with van der Waals surface area (Å²) in [4.78, 5) is 4.37. The highest BCUT2D eigenvalue weighted by Crippen LogP contribution is 2.25. The Bertz CT molecular complexity index is 731. The Balaban J connectivity index is 1.82. The standard InChI is InChI=1S/C16H19NO4S/c1-12-15(11-22(18,19)14-8-5-9-20-10-14)17-16(21-12)13-6-3-2-4-7-13/h2-4,6-7,14H,5,8-11H2,1H3. The maximum atomic E-state index is 12.5. The van der Waals surface area contributed by atoms with E-state index in [0.29, 0.717) is 30.4 Å². The second-order valence-electron chi connectivity index (χ2n) is 5.53. The van der Waals surface area contributed by atoms with Crippen molar-refractivity contribution in [2.75, 3.05) is 13.2 Å². The van der Waals surface area contributed by atoms with Crippen LogP contribution in [0.5, 0.6) is 0 Å². The van der Waals surface area contributed by atoms with Crippen LogP contribution in [0.4, 0.5) is 0 Å². The fourth-order valence-electron chi connectivity index (χ4n) is 2.57. The van der Waals surface area contributed by atoms with Crippen molar-refractivity contribution in [1.29, 1.82) is 0 Å². The molecule has 2 aromatic rings. The largest absolute Gasteiger partial charge is 0.441 e. The molecule has 1 unspecified atom stereocenters. The van der Waals surface area contributed by atoms with Gasteiger partial charge in [0.1, 0.15) is 5.76 Å². The van der Waals surface area contributed by atoms with Crippen LogP contribution in [0.25, 0.3) is 11.5 Å². The van der Waals surface area contributed by atoms with E-state index < -0.39 is 15.1 Å². The van der Waals surface area contributed by atoms with Gasteiger partial charge in [0, 0.05) is 12.2 Å². The Hall–Kier alpha value is -1.66. The van der Waals surface area contributed by atoms with Crippen molar-refractivity contribution in [2.24, 2.45) is 0 Å². The Morgan fingerprint density at radius 3 is 2.73 bits per heavy atom. The van der Waals surface area contributed by atoms with Gasteiger partial charge in [-0.15, -0.1) is 0 Å². The first kappa shape index (κ1) is 15.2. The lowest BCUT2D eigenvalue weighted by atomic mass is 10.2. The molecule has 1 saturated heterocycles. The van der Waals surface area contributed by atoms with Gasteiger partial charge in [0.25, 0.3) is 0 Å². The monoisotopic (exact) mass is 321 g/mol. The van der Waals surface area contributed by atoms with Crippen molar-refractivity contribution in [1.82, 2.24) is 4.98 Å². The lowest BCUT2D eigenvalue weighted by Gasteiger charge is -2.21. The average molecular weight is 321 g/mol. The maximum Gasteiger partial charge on any atom is 0.226 e. The topological polar surface area (TPSA) is 69.4 Å². The molecule has 22 heavy (non-hydrogen) atoms. The summed E-state index contributed by atoms with van der Waals surface area (Å²) >= 11 is 0. The van der Waals surface area contributed by atoms with Gasteiger partial charge in [0.2, 0.25) is 5.89 Å². The van der Waals surface area contributed by atoms with Gasteiger partial charge in [-0.3, -0.25) is 0 Å². The minimum atomic E-state index is -3.28. The zero-order valence-electron chi connectivity index (χ0n) is 12.5. The van der Waals surface area contributed by atoms with Crippen molar-refractivity contribution in [2.45, 2.75) is 30.8 Å². The zero-order chi connectivity index (χ0) is 15.6. The van der Waals surface area contributed by atoms with Gasteiger partial charge >= 0.3 is 0 Å². The summed E-state index contributed by atoms with van der Waals surface area (Å²) in [5.41, 5.74) is 1.33. The molecule has 6 heteroatoms. The maximum absolute atomic E-state index is 12.5. The number of ether oxygens (including phenoxy) is 1. The van der Waals surface area contributed by atoms with Gasteiger partial charge in [-0.05, 0) is 31.9 Å². The highest BCUT2D eigenvalue weighted by Gasteiger charge is 2.30. The van der Waals surface area contributed by atoms with Crippen LogP contribution in [-0.4, -0.2) is 31.9 Å². The molecule has 0 saturated carbocycles. The van der Waals surface area contributed by atoms with Gasteiger partial charge < -0.3 is 9.15 Å². The van der Waals surface area contributed by atoms with Crippen LogP contribution in [0, 0.1) is 6.92 Å². The van der Waals surface area contributed by atoms with Gasteiger partial charge in [-0.25, -0.2) is 13.4 Å². The van der Waals surface area contributed by atoms with Crippen LogP contribution in [0.1, 0.15) is 24.3 Å². The number of oxazole rings is 1. The SMILES string of the molecule is Cc1oc(-c2ccccc2)nc1CS(=O)(=O)C1CCCOC1. The second-order valence-corrected chi connectivity index (χ2v) is 7.82. The van der Waals surface area contributed by atoms with Gasteiger partial charge in [0.15, 0.2) is 9.84 Å². The number of hydrogen-bond donors (Lipinski definition) is 0. The molecule has 1 aliphatic heterocycles. The third kappa shape index (κ3) is 3.23. The van der Waals surface area contributed by atoms with Crippen molar-refractivity contribution in [3.63, 3.8) is 0 Å². The molecule has 0 N–H and O–H groups in total. The Kier molecular flexibility index (Phi) is 4.31. The minimum Gasteiger partial charge on any atom is -0.441 e. The van der Waals surface area contributed by atoms with E-state index in [-0.39, 0.29) is 12.4 Å². The molecule has 2 heterocycles. The van der Waals surface area contributed by atoms with Gasteiger partial charge in [0.05, 0.1) is 23.3 Å². The molecule has 1 aromatic carbocycles. The summed E-state index contributed by atoms with van der Waals surface area (Å²) in [7, 11) is -3.28. The summed E-state index contributed by atoms with van der Waals surface area (Å²) in [6.07, 6.45) is 1.45. The number of aromatic nitrogens is 1. The van der Waals surface area contributed by atoms with Crippen LogP contribution in [0.2, 0.25) is 0 Å². The van der Waals surface area contributed by atoms with E-state index in [0.717, 1.165) is 12.0 Å². The highest BCUT2D eigenvalue weighted by molar-refractivity contribution is 7.91. The Morgan fingerprint density at radius 1 is 1.27 bits per heavy atom. The molecule has 0 bridgehead atoms. The van der Waals surface area contributed by atoms with E-state index in [1.54, 1.807) is 6.92 Å². The number of nitrogens with zero attached hydrogens (tertiary/aromatic N) is 1. The van der Waals surface area contributed by atoms with Crippen molar-refractivity contribution in [3.8, 4) is 11.5 Å². The van der Waals surface area contributed by atoms with E-state index >= 15 is 0 Å². The molecular weight excluding hydrogens is 302 g/mol. The summed E-state index contributed by atoms with van der Waals surface area (Å²) in [6.45, 7) is 2.68. The first-order valence-electron chi connectivity index (χ1n) is 7.37. The lowest BCUT2D eigenvalue weighted by Crippen LogP contribution is -2.32. The summed E-state index contributed by atoms with van der Waals surface area (Å²) in [6, 6.07) is 9.47. The molecule has 1 aliphatic rings. The van der Waals surface area contributed by atoms with E-state index in [1.807, 2.05) is 30.3 Å². The van der Waals surface area contributed by atoms with Crippen LogP contribution in [0.3, 0.4) is 0 Å². The molecule has 5 nitrogen and oxygen atoms in total. The fraction of sp³-hybridized carbons (Fsp3) is 0.438. The van der Waals surface area contributed by atoms with Gasteiger partial charge in [-0.2, -0.15) is 0 Å². The van der Waals surface area contributed by atoms with E-state index in [4.69, 9.17) is 9.15 Å². The van der Waals surface area contributed by atoms with Crippen molar-refractivity contribution >= 4 is 9.84 Å². The predicted octanol–water partition coefficient (Wildman–Crippen LogP) is 2.74. The third-order valence-corrected chi connectivity index (χ3v) is 5.94. The zero-order valence-corrected chi connectivity index (χ0v) is 13.3. The van der Waals surface area contributed by atoms with Crippen LogP contribution in [-0.2, 0) is 20.3 Å². The minimum absolute atomic E-state index is 0.0941. The second kappa shape index (κ2) is 6.22. The van der Waals surface area contributed by atoms with E-state index in [9.17, 15) is 8.42 Å². The fourth-order valence-corrected chi connectivity index (χ4v) is 4.28. The highest BCUT2D eigenvalue weighted by atomic mass is 32.2. The number of benzene rings is 1. The number of sulfone groups is 1. The third-order valence-electron chi connectivity index (χ3n) is 3.88. The molecule has 3 rings (SSSR count). The van der Waals surface area contributed by atoms with Crippen molar-refractivity contribution < 1.29 is 17.6 Å². The molecular formula is C16H19NO4S. The van der Waals surface area contributed by atoms with E-state index in [1.165, 1.54) is 0 Å². The lowest BCUT2D eigenvalue weighted by molar-refractivity contribution is 0.0990. The molecule has 0 aliphatic carbocycles. The smallest absolute Gasteiger partial charge is 0.226 e. The molecule has 0 radical (unpaired) electrons. The normalized spacial score (nSPS) is 19.2. The van der Waals surface area contributed by atoms with Crippen LogP contribution in [0.15, 0.2) is 34.7 Å². The number of hydrogen-bond acceptors (Lipinski definition) is 5. The van der Waals surface area contributed by atoms with Crippen LogP contribution < -0.4 is 0 Å². The summed E-state index contributed by atoms with van der Waals surface area (Å²) < 4.78 is 35.9. The molecule has 1 fully saturated rings. The molecule has 1 atom stereocenters. The first-order valence-corrected chi connectivity index (χ1v) is 9.09. The number of aryl methyl sites for hydroxylation is 1. The Labute approximate surface area is 130 Å². The number of rotatable bonds is 4. The predicted molar refractivity (Wildman–Crippen MR) is 83.1 cm³/mol. The molecule has 1 aromatic heterocycles. The molecule has 118 valence electrons.